The zero-order valence-electron chi connectivity index (χ0n) is 11.2. The maximum Gasteiger partial charge on any atom is 0.267 e. The van der Waals surface area contributed by atoms with E-state index in [9.17, 15) is 4.79 Å². The first-order chi connectivity index (χ1) is 8.36. The molecule has 0 aliphatic carbocycles. The highest BCUT2D eigenvalue weighted by Gasteiger charge is 2.24. The summed E-state index contributed by atoms with van der Waals surface area (Å²) >= 11 is 0. The van der Waals surface area contributed by atoms with E-state index in [0.29, 0.717) is 18.3 Å². The zero-order chi connectivity index (χ0) is 13.8. The third-order valence-electron chi connectivity index (χ3n) is 2.74. The van der Waals surface area contributed by atoms with Crippen LogP contribution in [-0.2, 0) is 0 Å². The van der Waals surface area contributed by atoms with E-state index in [1.807, 2.05) is 6.92 Å². The molecule has 100 valence electrons. The SMILES string of the molecule is CC(C)CC(C)(CN)Nc1cccc(C(N)=O)n1. The van der Waals surface area contributed by atoms with Crippen LogP contribution in [0.3, 0.4) is 0 Å². The summed E-state index contributed by atoms with van der Waals surface area (Å²) in [6, 6.07) is 5.15. The van der Waals surface area contributed by atoms with Gasteiger partial charge in [-0.3, -0.25) is 4.79 Å². The van der Waals surface area contributed by atoms with Crippen molar-refractivity contribution >= 4 is 11.7 Å². The van der Waals surface area contributed by atoms with E-state index < -0.39 is 5.91 Å². The topological polar surface area (TPSA) is 94.0 Å². The van der Waals surface area contributed by atoms with Crippen molar-refractivity contribution in [3.8, 4) is 0 Å². The molecule has 5 N–H and O–H groups in total. The summed E-state index contributed by atoms with van der Waals surface area (Å²) in [6.07, 6.45) is 0.923. The van der Waals surface area contributed by atoms with Crippen LogP contribution in [0.15, 0.2) is 18.2 Å². The second-order valence-corrected chi connectivity index (χ2v) is 5.26. The fourth-order valence-corrected chi connectivity index (χ4v) is 2.04. The first-order valence-corrected chi connectivity index (χ1v) is 6.11. The third-order valence-corrected chi connectivity index (χ3v) is 2.74. The fraction of sp³-hybridized carbons (Fsp3) is 0.538. The van der Waals surface area contributed by atoms with Gasteiger partial charge in [0.15, 0.2) is 0 Å². The van der Waals surface area contributed by atoms with E-state index in [-0.39, 0.29) is 11.2 Å². The Morgan fingerprint density at radius 3 is 2.67 bits per heavy atom. The minimum atomic E-state index is -0.531. The van der Waals surface area contributed by atoms with Crippen LogP contribution in [-0.4, -0.2) is 23.0 Å². The molecule has 1 unspecified atom stereocenters. The number of hydrogen-bond acceptors (Lipinski definition) is 4. The second kappa shape index (κ2) is 5.82. The van der Waals surface area contributed by atoms with E-state index in [4.69, 9.17) is 11.5 Å². The van der Waals surface area contributed by atoms with Gasteiger partial charge in [0.2, 0.25) is 0 Å². The quantitative estimate of drug-likeness (QED) is 0.710. The highest BCUT2D eigenvalue weighted by atomic mass is 16.1. The molecule has 1 atom stereocenters. The number of rotatable bonds is 6. The minimum Gasteiger partial charge on any atom is -0.364 e. The molecule has 0 spiro atoms. The fourth-order valence-electron chi connectivity index (χ4n) is 2.04. The summed E-state index contributed by atoms with van der Waals surface area (Å²) in [5, 5.41) is 3.29. The number of nitrogens with one attached hydrogen (secondary N) is 1. The molecule has 1 rings (SSSR count). The molecule has 0 aromatic carbocycles. The molecule has 18 heavy (non-hydrogen) atoms. The van der Waals surface area contributed by atoms with Crippen molar-refractivity contribution in [3.05, 3.63) is 23.9 Å². The average molecular weight is 250 g/mol. The van der Waals surface area contributed by atoms with Crippen LogP contribution in [0.5, 0.6) is 0 Å². The van der Waals surface area contributed by atoms with Crippen molar-refractivity contribution in [2.45, 2.75) is 32.7 Å². The molecule has 1 heterocycles. The molecule has 0 fully saturated rings. The van der Waals surface area contributed by atoms with Crippen LogP contribution in [0.1, 0.15) is 37.7 Å². The number of aromatic nitrogens is 1. The number of nitrogens with two attached hydrogens (primary N) is 2. The smallest absolute Gasteiger partial charge is 0.267 e. The number of pyridine rings is 1. The second-order valence-electron chi connectivity index (χ2n) is 5.26. The third kappa shape index (κ3) is 4.00. The molecule has 0 saturated carbocycles. The summed E-state index contributed by atoms with van der Waals surface area (Å²) in [6.45, 7) is 6.82. The Labute approximate surface area is 108 Å². The van der Waals surface area contributed by atoms with Gasteiger partial charge in [-0.15, -0.1) is 0 Å². The van der Waals surface area contributed by atoms with E-state index >= 15 is 0 Å². The highest BCUT2D eigenvalue weighted by Crippen LogP contribution is 2.20. The van der Waals surface area contributed by atoms with Gasteiger partial charge in [-0.2, -0.15) is 0 Å². The van der Waals surface area contributed by atoms with Gasteiger partial charge in [0.1, 0.15) is 11.5 Å². The predicted octanol–water partition coefficient (Wildman–Crippen LogP) is 1.36. The Morgan fingerprint density at radius 2 is 2.17 bits per heavy atom. The Bertz CT molecular complexity index is 419. The van der Waals surface area contributed by atoms with Gasteiger partial charge in [-0.25, -0.2) is 4.98 Å². The van der Waals surface area contributed by atoms with Crippen LogP contribution in [0.2, 0.25) is 0 Å². The zero-order valence-corrected chi connectivity index (χ0v) is 11.2. The average Bonchev–Trinajstić information content (AvgIpc) is 2.28. The van der Waals surface area contributed by atoms with Gasteiger partial charge in [-0.05, 0) is 31.4 Å². The van der Waals surface area contributed by atoms with Gasteiger partial charge in [0.05, 0.1) is 0 Å². The van der Waals surface area contributed by atoms with Crippen LogP contribution in [0.4, 0.5) is 5.82 Å². The molecule has 0 saturated heterocycles. The maximum absolute atomic E-state index is 11.1. The van der Waals surface area contributed by atoms with Crippen molar-refractivity contribution in [1.29, 1.82) is 0 Å². The number of anilines is 1. The molecule has 0 radical (unpaired) electrons. The van der Waals surface area contributed by atoms with Crippen molar-refractivity contribution in [2.75, 3.05) is 11.9 Å². The van der Waals surface area contributed by atoms with Gasteiger partial charge in [0.25, 0.3) is 5.91 Å². The number of primary amides is 1. The minimum absolute atomic E-state index is 0.239. The van der Waals surface area contributed by atoms with Crippen molar-refractivity contribution in [2.24, 2.45) is 17.4 Å². The van der Waals surface area contributed by atoms with Crippen LogP contribution in [0, 0.1) is 5.92 Å². The summed E-state index contributed by atoms with van der Waals surface area (Å²) < 4.78 is 0. The Kier molecular flexibility index (Phi) is 4.67. The van der Waals surface area contributed by atoms with Crippen LogP contribution < -0.4 is 16.8 Å². The lowest BCUT2D eigenvalue weighted by Gasteiger charge is -2.31. The largest absolute Gasteiger partial charge is 0.364 e. The predicted molar refractivity (Wildman–Crippen MR) is 73.3 cm³/mol. The lowest BCUT2D eigenvalue weighted by molar-refractivity contribution is 0.0995. The summed E-state index contributed by atoms with van der Waals surface area (Å²) in [7, 11) is 0. The molecule has 0 aliphatic heterocycles. The van der Waals surface area contributed by atoms with Crippen molar-refractivity contribution in [3.63, 3.8) is 0 Å². The number of carbonyl (C=O) groups is 1. The van der Waals surface area contributed by atoms with E-state index in [0.717, 1.165) is 6.42 Å². The Balaban J connectivity index is 2.87. The summed E-state index contributed by atoms with van der Waals surface area (Å²) in [5.41, 5.74) is 11.0. The molecular weight excluding hydrogens is 228 g/mol. The van der Waals surface area contributed by atoms with Gasteiger partial charge in [0, 0.05) is 12.1 Å². The molecule has 1 amide bonds. The van der Waals surface area contributed by atoms with Gasteiger partial charge in [-0.1, -0.05) is 19.9 Å². The Hall–Kier alpha value is -1.62. The lowest BCUT2D eigenvalue weighted by Crippen LogP contribution is -2.44. The van der Waals surface area contributed by atoms with Crippen molar-refractivity contribution in [1.82, 2.24) is 4.98 Å². The summed E-state index contributed by atoms with van der Waals surface area (Å²) in [5.74, 6) is 0.613. The molecular formula is C13H22N4O. The monoisotopic (exact) mass is 250 g/mol. The number of hydrogen-bond donors (Lipinski definition) is 3. The molecule has 0 bridgehead atoms. The standard InChI is InChI=1S/C13H22N4O/c1-9(2)7-13(3,8-14)17-11-6-4-5-10(16-11)12(15)18/h4-6,9H,7-8,14H2,1-3H3,(H2,15,18)(H,16,17). The van der Waals surface area contributed by atoms with Gasteiger partial charge < -0.3 is 16.8 Å². The normalized spacial score (nSPS) is 14.3. The molecule has 1 aromatic rings. The van der Waals surface area contributed by atoms with E-state index in [1.165, 1.54) is 0 Å². The highest BCUT2D eigenvalue weighted by molar-refractivity contribution is 5.91. The van der Waals surface area contributed by atoms with E-state index in [2.05, 4.69) is 24.1 Å². The molecule has 5 heteroatoms. The molecule has 0 aliphatic rings. The molecule has 1 aromatic heterocycles. The van der Waals surface area contributed by atoms with Crippen molar-refractivity contribution < 1.29 is 4.79 Å². The maximum atomic E-state index is 11.1. The number of amides is 1. The molecule has 5 nitrogen and oxygen atoms in total. The summed E-state index contributed by atoms with van der Waals surface area (Å²) in [4.78, 5) is 15.2. The number of carbonyl (C=O) groups excluding carboxylic acids is 1. The van der Waals surface area contributed by atoms with Gasteiger partial charge >= 0.3 is 0 Å². The first-order valence-electron chi connectivity index (χ1n) is 6.11. The number of nitrogens with zero attached hydrogens (tertiary/aromatic N) is 1. The van der Waals surface area contributed by atoms with Crippen LogP contribution >= 0.6 is 0 Å². The van der Waals surface area contributed by atoms with E-state index in [1.54, 1.807) is 18.2 Å². The first kappa shape index (κ1) is 14.4. The van der Waals surface area contributed by atoms with Crippen LogP contribution in [0.25, 0.3) is 0 Å². The lowest BCUT2D eigenvalue weighted by atomic mass is 9.91. The Morgan fingerprint density at radius 1 is 1.50 bits per heavy atom.